The number of amides is 1. The van der Waals surface area contributed by atoms with Crippen LogP contribution < -0.4 is 11.1 Å². The van der Waals surface area contributed by atoms with Crippen LogP contribution in [-0.4, -0.2) is 18.5 Å². The molecule has 0 bridgehead atoms. The Balaban J connectivity index is 2.06. The van der Waals surface area contributed by atoms with Crippen molar-refractivity contribution in [2.24, 2.45) is 11.7 Å². The molecule has 110 valence electrons. The largest absolute Gasteiger partial charge is 0.348 e. The molecule has 1 aromatic carbocycles. The maximum atomic E-state index is 13.7. The van der Waals surface area contributed by atoms with E-state index in [0.717, 1.165) is 18.4 Å². The van der Waals surface area contributed by atoms with E-state index >= 15 is 0 Å². The number of hydrogen-bond donors (Lipinski definition) is 2. The summed E-state index contributed by atoms with van der Waals surface area (Å²) in [4.78, 5) is 12.2. The molecule has 3 N–H and O–H groups in total. The second-order valence-corrected chi connectivity index (χ2v) is 5.70. The molecule has 1 aliphatic rings. The van der Waals surface area contributed by atoms with Gasteiger partial charge in [0.05, 0.1) is 5.56 Å². The van der Waals surface area contributed by atoms with Gasteiger partial charge in [0, 0.05) is 12.6 Å². The molecule has 0 heterocycles. The van der Waals surface area contributed by atoms with Crippen LogP contribution in [0.25, 0.3) is 0 Å². The zero-order valence-corrected chi connectivity index (χ0v) is 12.0. The molecule has 1 atom stereocenters. The minimum Gasteiger partial charge on any atom is -0.348 e. The Hall–Kier alpha value is -1.42. The van der Waals surface area contributed by atoms with Gasteiger partial charge in [-0.1, -0.05) is 30.9 Å². The first-order chi connectivity index (χ1) is 9.61. The summed E-state index contributed by atoms with van der Waals surface area (Å²) in [5, 5.41) is 2.92. The van der Waals surface area contributed by atoms with Gasteiger partial charge >= 0.3 is 0 Å². The molecule has 1 aliphatic carbocycles. The second-order valence-electron chi connectivity index (χ2n) is 5.70. The van der Waals surface area contributed by atoms with E-state index in [1.54, 1.807) is 12.1 Å². The Bertz CT molecular complexity index is 470. The third-order valence-electron chi connectivity index (χ3n) is 4.16. The Labute approximate surface area is 119 Å². The van der Waals surface area contributed by atoms with Crippen molar-refractivity contribution in [2.75, 3.05) is 6.54 Å². The number of carbonyl (C=O) groups is 1. The van der Waals surface area contributed by atoms with Crippen LogP contribution >= 0.6 is 0 Å². The predicted octanol–water partition coefficient (Wildman–Crippen LogP) is 2.77. The number of rotatable bonds is 4. The van der Waals surface area contributed by atoms with Crippen LogP contribution in [0.3, 0.4) is 0 Å². The lowest BCUT2D eigenvalue weighted by molar-refractivity contribution is 0.0911. The standard InChI is InChI=1S/C16H23FN2O/c1-11-7-8-14(17)13(9-11)16(20)19-15(10-18)12-5-3-2-4-6-12/h7-9,12,15H,2-6,10,18H2,1H3,(H,19,20). The van der Waals surface area contributed by atoms with Crippen molar-refractivity contribution in [3.8, 4) is 0 Å². The summed E-state index contributed by atoms with van der Waals surface area (Å²) in [6.07, 6.45) is 5.83. The van der Waals surface area contributed by atoms with Crippen molar-refractivity contribution in [2.45, 2.75) is 45.1 Å². The minimum absolute atomic E-state index is 0.0530. The summed E-state index contributed by atoms with van der Waals surface area (Å²) in [7, 11) is 0. The van der Waals surface area contributed by atoms with E-state index in [1.807, 2.05) is 6.92 Å². The number of halogens is 1. The number of hydrogen-bond acceptors (Lipinski definition) is 2. The third kappa shape index (κ3) is 3.57. The van der Waals surface area contributed by atoms with E-state index in [1.165, 1.54) is 25.3 Å². The van der Waals surface area contributed by atoms with Crippen LogP contribution in [-0.2, 0) is 0 Å². The number of benzene rings is 1. The van der Waals surface area contributed by atoms with Gasteiger partial charge in [0.25, 0.3) is 5.91 Å². The van der Waals surface area contributed by atoms with E-state index in [0.29, 0.717) is 12.5 Å². The molecular formula is C16H23FN2O. The molecule has 2 rings (SSSR count). The second kappa shape index (κ2) is 6.84. The van der Waals surface area contributed by atoms with Crippen LogP contribution in [0.5, 0.6) is 0 Å². The topological polar surface area (TPSA) is 55.1 Å². The van der Waals surface area contributed by atoms with Gasteiger partial charge in [0.15, 0.2) is 0 Å². The van der Waals surface area contributed by atoms with Crippen molar-refractivity contribution >= 4 is 5.91 Å². The third-order valence-corrected chi connectivity index (χ3v) is 4.16. The molecule has 0 radical (unpaired) electrons. The summed E-state index contributed by atoms with van der Waals surface area (Å²) in [6, 6.07) is 4.53. The fourth-order valence-corrected chi connectivity index (χ4v) is 2.97. The van der Waals surface area contributed by atoms with E-state index in [9.17, 15) is 9.18 Å². The summed E-state index contributed by atoms with van der Waals surface area (Å²) >= 11 is 0. The highest BCUT2D eigenvalue weighted by molar-refractivity contribution is 5.94. The van der Waals surface area contributed by atoms with Crippen molar-refractivity contribution in [1.29, 1.82) is 0 Å². The van der Waals surface area contributed by atoms with Crippen LogP contribution in [0.4, 0.5) is 4.39 Å². The molecule has 0 aliphatic heterocycles. The fourth-order valence-electron chi connectivity index (χ4n) is 2.97. The predicted molar refractivity (Wildman–Crippen MR) is 78.0 cm³/mol. The molecule has 0 saturated heterocycles. The summed E-state index contributed by atoms with van der Waals surface area (Å²) in [5.74, 6) is -0.412. The highest BCUT2D eigenvalue weighted by atomic mass is 19.1. The molecule has 3 nitrogen and oxygen atoms in total. The smallest absolute Gasteiger partial charge is 0.254 e. The van der Waals surface area contributed by atoms with Gasteiger partial charge < -0.3 is 11.1 Å². The van der Waals surface area contributed by atoms with E-state index < -0.39 is 5.82 Å². The summed E-state index contributed by atoms with van der Waals surface area (Å²) in [6.45, 7) is 2.25. The van der Waals surface area contributed by atoms with Gasteiger partial charge in [-0.3, -0.25) is 4.79 Å². The molecule has 1 fully saturated rings. The highest BCUT2D eigenvalue weighted by Gasteiger charge is 2.25. The van der Waals surface area contributed by atoms with Gasteiger partial charge in [-0.2, -0.15) is 0 Å². The first kappa shape index (κ1) is 15.0. The number of aryl methyl sites for hydroxylation is 1. The van der Waals surface area contributed by atoms with Crippen LogP contribution in [0, 0.1) is 18.7 Å². The first-order valence-corrected chi connectivity index (χ1v) is 7.39. The lowest BCUT2D eigenvalue weighted by Gasteiger charge is -2.30. The fraction of sp³-hybridized carbons (Fsp3) is 0.562. The van der Waals surface area contributed by atoms with Crippen molar-refractivity contribution in [1.82, 2.24) is 5.32 Å². The number of nitrogens with two attached hydrogens (primary N) is 1. The van der Waals surface area contributed by atoms with E-state index in [-0.39, 0.29) is 17.5 Å². The Kier molecular flexibility index (Phi) is 5.12. The molecule has 1 unspecified atom stereocenters. The van der Waals surface area contributed by atoms with Crippen LogP contribution in [0.2, 0.25) is 0 Å². The molecule has 1 saturated carbocycles. The highest BCUT2D eigenvalue weighted by Crippen LogP contribution is 2.26. The average Bonchev–Trinajstić information content (AvgIpc) is 2.48. The maximum Gasteiger partial charge on any atom is 0.254 e. The molecule has 1 amide bonds. The maximum absolute atomic E-state index is 13.7. The normalized spacial score (nSPS) is 17.8. The van der Waals surface area contributed by atoms with Crippen molar-refractivity contribution < 1.29 is 9.18 Å². The van der Waals surface area contributed by atoms with Crippen LogP contribution in [0.15, 0.2) is 18.2 Å². The first-order valence-electron chi connectivity index (χ1n) is 7.39. The van der Waals surface area contributed by atoms with Crippen LogP contribution in [0.1, 0.15) is 48.0 Å². The lowest BCUT2D eigenvalue weighted by atomic mass is 9.84. The summed E-state index contributed by atoms with van der Waals surface area (Å²) in [5.41, 5.74) is 6.77. The summed E-state index contributed by atoms with van der Waals surface area (Å²) < 4.78 is 13.7. The van der Waals surface area contributed by atoms with Crippen molar-refractivity contribution in [3.05, 3.63) is 35.1 Å². The molecular weight excluding hydrogens is 255 g/mol. The van der Waals surface area contributed by atoms with Gasteiger partial charge in [-0.25, -0.2) is 4.39 Å². The zero-order chi connectivity index (χ0) is 14.5. The number of nitrogens with one attached hydrogen (secondary N) is 1. The minimum atomic E-state index is -0.479. The molecule has 20 heavy (non-hydrogen) atoms. The van der Waals surface area contributed by atoms with Gasteiger partial charge in [0.2, 0.25) is 0 Å². The molecule has 1 aromatic rings. The number of carbonyl (C=O) groups excluding carboxylic acids is 1. The molecule has 0 spiro atoms. The van der Waals surface area contributed by atoms with Gasteiger partial charge in [-0.05, 0) is 37.8 Å². The molecule has 0 aromatic heterocycles. The Morgan fingerprint density at radius 2 is 2.10 bits per heavy atom. The Morgan fingerprint density at radius 1 is 1.40 bits per heavy atom. The average molecular weight is 278 g/mol. The SMILES string of the molecule is Cc1ccc(F)c(C(=O)NC(CN)C2CCCCC2)c1. The molecule has 4 heteroatoms. The lowest BCUT2D eigenvalue weighted by Crippen LogP contribution is -2.46. The zero-order valence-electron chi connectivity index (χ0n) is 12.0. The van der Waals surface area contributed by atoms with Gasteiger partial charge in [-0.15, -0.1) is 0 Å². The van der Waals surface area contributed by atoms with Crippen molar-refractivity contribution in [3.63, 3.8) is 0 Å². The van der Waals surface area contributed by atoms with Gasteiger partial charge in [0.1, 0.15) is 5.82 Å². The monoisotopic (exact) mass is 278 g/mol. The quantitative estimate of drug-likeness (QED) is 0.889. The Morgan fingerprint density at radius 3 is 2.75 bits per heavy atom. The van der Waals surface area contributed by atoms with E-state index in [2.05, 4.69) is 5.32 Å². The van der Waals surface area contributed by atoms with E-state index in [4.69, 9.17) is 5.73 Å².